The van der Waals surface area contributed by atoms with Crippen molar-refractivity contribution >= 4 is 15.9 Å². The van der Waals surface area contributed by atoms with E-state index in [1.54, 1.807) is 24.7 Å². The van der Waals surface area contributed by atoms with Crippen LogP contribution < -0.4 is 0 Å². The molecule has 0 aliphatic rings. The van der Waals surface area contributed by atoms with E-state index >= 15 is 0 Å². The molecule has 1 atom stereocenters. The number of halogens is 1. The minimum absolute atomic E-state index is 0.0243. The van der Waals surface area contributed by atoms with Gasteiger partial charge in [-0.1, -0.05) is 13.8 Å². The summed E-state index contributed by atoms with van der Waals surface area (Å²) in [5.74, 6) is 0. The molecule has 0 radical (unpaired) electrons. The number of aliphatic hydroxyl groups is 1. The second-order valence-corrected chi connectivity index (χ2v) is 4.38. The number of nitrogens with zero attached hydrogens (tertiary/aromatic N) is 2. The minimum Gasteiger partial charge on any atom is -0.388 e. The van der Waals surface area contributed by atoms with Crippen LogP contribution in [0.4, 0.5) is 0 Å². The van der Waals surface area contributed by atoms with Crippen LogP contribution in [0.3, 0.4) is 0 Å². The van der Waals surface area contributed by atoms with E-state index in [4.69, 9.17) is 0 Å². The predicted molar refractivity (Wildman–Crippen MR) is 62.3 cm³/mol. The predicted octanol–water partition coefficient (Wildman–Crippen LogP) is 3.00. The largest absolute Gasteiger partial charge is 0.388 e. The molecule has 0 fully saturated rings. The van der Waals surface area contributed by atoms with E-state index in [2.05, 4.69) is 21.0 Å². The summed E-state index contributed by atoms with van der Waals surface area (Å²) < 4.78 is 2.67. The summed E-state index contributed by atoms with van der Waals surface area (Å²) in [6.07, 6.45) is 3.56. The average molecular weight is 263 g/mol. The molecule has 0 amide bonds. The van der Waals surface area contributed by atoms with E-state index in [0.717, 1.165) is 4.47 Å². The third-order valence-corrected chi connectivity index (χ3v) is 2.40. The number of aromatic nitrogens is 2. The summed E-state index contributed by atoms with van der Waals surface area (Å²) in [7, 11) is 0. The van der Waals surface area contributed by atoms with Gasteiger partial charge in [-0.15, -0.1) is 0 Å². The fourth-order valence-corrected chi connectivity index (χ4v) is 1.15. The summed E-state index contributed by atoms with van der Waals surface area (Å²) in [6, 6.07) is -0.0243. The first kappa shape index (κ1) is 13.7. The van der Waals surface area contributed by atoms with Crippen LogP contribution in [0.25, 0.3) is 0 Å². The second kappa shape index (κ2) is 5.51. The monoisotopic (exact) mass is 262 g/mol. The summed E-state index contributed by atoms with van der Waals surface area (Å²) in [5, 5.41) is 13.8. The second-order valence-electron chi connectivity index (χ2n) is 3.47. The molecule has 1 unspecified atom stereocenters. The number of hydrogen-bond acceptors (Lipinski definition) is 2. The SMILES string of the molecule is CC.CC(n1cc(Br)cn1)C(C)(C)O. The molecule has 82 valence electrons. The molecular formula is C10H19BrN2O. The van der Waals surface area contributed by atoms with Crippen molar-refractivity contribution in [3.05, 3.63) is 16.9 Å². The fourth-order valence-electron chi connectivity index (χ4n) is 0.850. The maximum atomic E-state index is 9.67. The molecule has 0 saturated heterocycles. The molecule has 0 spiro atoms. The first-order valence-electron chi connectivity index (χ1n) is 4.83. The molecule has 0 aromatic carbocycles. The van der Waals surface area contributed by atoms with Crippen LogP contribution in [0, 0.1) is 0 Å². The molecule has 0 saturated carbocycles. The van der Waals surface area contributed by atoms with Gasteiger partial charge in [0.2, 0.25) is 0 Å². The lowest BCUT2D eigenvalue weighted by Gasteiger charge is -2.25. The molecule has 1 aromatic heterocycles. The van der Waals surface area contributed by atoms with Gasteiger partial charge in [0.25, 0.3) is 0 Å². The molecule has 1 aromatic rings. The third-order valence-electron chi connectivity index (χ3n) is 1.99. The highest BCUT2D eigenvalue weighted by atomic mass is 79.9. The van der Waals surface area contributed by atoms with Gasteiger partial charge in [-0.05, 0) is 36.7 Å². The lowest BCUT2D eigenvalue weighted by molar-refractivity contribution is 0.0258. The summed E-state index contributed by atoms with van der Waals surface area (Å²) in [5.41, 5.74) is -0.745. The topological polar surface area (TPSA) is 38.0 Å². The van der Waals surface area contributed by atoms with Crippen molar-refractivity contribution in [1.82, 2.24) is 9.78 Å². The Morgan fingerprint density at radius 2 is 2.00 bits per heavy atom. The molecule has 14 heavy (non-hydrogen) atoms. The molecule has 0 bridgehead atoms. The Bertz CT molecular complexity index is 265. The summed E-state index contributed by atoms with van der Waals surface area (Å²) >= 11 is 3.30. The van der Waals surface area contributed by atoms with E-state index in [0.29, 0.717) is 0 Å². The number of rotatable bonds is 2. The molecule has 1 heterocycles. The van der Waals surface area contributed by atoms with E-state index in [-0.39, 0.29) is 6.04 Å². The van der Waals surface area contributed by atoms with Crippen molar-refractivity contribution in [2.45, 2.75) is 46.3 Å². The molecule has 1 rings (SSSR count). The van der Waals surface area contributed by atoms with Crippen LogP contribution in [0.15, 0.2) is 16.9 Å². The highest BCUT2D eigenvalue weighted by Gasteiger charge is 2.24. The van der Waals surface area contributed by atoms with E-state index in [1.807, 2.05) is 27.0 Å². The van der Waals surface area contributed by atoms with Crippen molar-refractivity contribution in [2.24, 2.45) is 0 Å². The van der Waals surface area contributed by atoms with Gasteiger partial charge in [-0.3, -0.25) is 4.68 Å². The van der Waals surface area contributed by atoms with Gasteiger partial charge in [0, 0.05) is 6.20 Å². The Labute approximate surface area is 94.3 Å². The van der Waals surface area contributed by atoms with Crippen molar-refractivity contribution in [1.29, 1.82) is 0 Å². The molecular weight excluding hydrogens is 244 g/mol. The van der Waals surface area contributed by atoms with Crippen molar-refractivity contribution in [2.75, 3.05) is 0 Å². The van der Waals surface area contributed by atoms with Gasteiger partial charge in [0.05, 0.1) is 22.3 Å². The Balaban J connectivity index is 0.000000791. The van der Waals surface area contributed by atoms with Gasteiger partial charge < -0.3 is 5.11 Å². The van der Waals surface area contributed by atoms with Crippen molar-refractivity contribution in [3.63, 3.8) is 0 Å². The van der Waals surface area contributed by atoms with Gasteiger partial charge in [0.15, 0.2) is 0 Å². The molecule has 0 aliphatic heterocycles. The lowest BCUT2D eigenvalue weighted by Crippen LogP contribution is -2.31. The summed E-state index contributed by atoms with van der Waals surface area (Å²) in [6.45, 7) is 9.47. The normalized spacial score (nSPS) is 13.1. The molecule has 3 nitrogen and oxygen atoms in total. The Hall–Kier alpha value is -0.350. The Morgan fingerprint density at radius 3 is 2.29 bits per heavy atom. The van der Waals surface area contributed by atoms with Crippen LogP contribution in [0.2, 0.25) is 0 Å². The zero-order valence-electron chi connectivity index (χ0n) is 9.45. The first-order valence-corrected chi connectivity index (χ1v) is 5.62. The van der Waals surface area contributed by atoms with Crippen LogP contribution in [0.5, 0.6) is 0 Å². The highest BCUT2D eigenvalue weighted by molar-refractivity contribution is 9.10. The standard InChI is InChI=1S/C8H13BrN2O.C2H6/c1-6(8(2,3)12)11-5-7(9)4-10-11;1-2/h4-6,12H,1-3H3;1-2H3. The number of hydrogen-bond donors (Lipinski definition) is 1. The van der Waals surface area contributed by atoms with E-state index in [9.17, 15) is 5.11 Å². The molecule has 4 heteroatoms. The highest BCUT2D eigenvalue weighted by Crippen LogP contribution is 2.21. The first-order chi connectivity index (χ1) is 6.41. The van der Waals surface area contributed by atoms with Crippen LogP contribution >= 0.6 is 15.9 Å². The Morgan fingerprint density at radius 1 is 1.50 bits per heavy atom. The van der Waals surface area contributed by atoms with Crippen LogP contribution in [-0.4, -0.2) is 20.5 Å². The van der Waals surface area contributed by atoms with Crippen LogP contribution in [-0.2, 0) is 0 Å². The maximum Gasteiger partial charge on any atom is 0.0812 e. The minimum atomic E-state index is -0.745. The van der Waals surface area contributed by atoms with E-state index in [1.165, 1.54) is 0 Å². The van der Waals surface area contributed by atoms with Gasteiger partial charge in [-0.25, -0.2) is 0 Å². The zero-order valence-corrected chi connectivity index (χ0v) is 11.0. The average Bonchev–Trinajstić information content (AvgIpc) is 2.52. The smallest absolute Gasteiger partial charge is 0.0812 e. The fraction of sp³-hybridized carbons (Fsp3) is 0.700. The van der Waals surface area contributed by atoms with Gasteiger partial charge in [-0.2, -0.15) is 5.10 Å². The van der Waals surface area contributed by atoms with Crippen molar-refractivity contribution < 1.29 is 5.11 Å². The third kappa shape index (κ3) is 3.80. The van der Waals surface area contributed by atoms with E-state index < -0.39 is 5.60 Å². The van der Waals surface area contributed by atoms with Crippen molar-refractivity contribution in [3.8, 4) is 0 Å². The van der Waals surface area contributed by atoms with Gasteiger partial charge >= 0.3 is 0 Å². The lowest BCUT2D eigenvalue weighted by atomic mass is 10.0. The molecule has 1 N–H and O–H groups in total. The molecule has 0 aliphatic carbocycles. The Kier molecular flexibility index (Phi) is 5.37. The summed E-state index contributed by atoms with van der Waals surface area (Å²) in [4.78, 5) is 0. The van der Waals surface area contributed by atoms with Crippen LogP contribution in [0.1, 0.15) is 40.7 Å². The maximum absolute atomic E-state index is 9.67. The quantitative estimate of drug-likeness (QED) is 0.890. The zero-order chi connectivity index (χ0) is 11.4. The van der Waals surface area contributed by atoms with Gasteiger partial charge in [0.1, 0.15) is 0 Å².